The fraction of sp³-hybridized carbons (Fsp3) is 0.435. The molecular weight excluding hydrogens is 451 g/mol. The summed E-state index contributed by atoms with van der Waals surface area (Å²) in [5, 5.41) is 9.07. The van der Waals surface area contributed by atoms with Gasteiger partial charge < -0.3 is 0 Å². The smallest absolute Gasteiger partial charge is 0.243 e. The van der Waals surface area contributed by atoms with E-state index in [-0.39, 0.29) is 17.3 Å². The van der Waals surface area contributed by atoms with Crippen LogP contribution in [-0.2, 0) is 16.6 Å². The quantitative estimate of drug-likeness (QED) is 0.660. The monoisotopic (exact) mass is 478 g/mol. The highest BCUT2D eigenvalue weighted by atomic mass is 35.5. The molecule has 0 unspecified atom stereocenters. The van der Waals surface area contributed by atoms with Crippen molar-refractivity contribution in [3.8, 4) is 6.07 Å². The lowest BCUT2D eigenvalue weighted by atomic mass is 10.0. The second-order valence-electron chi connectivity index (χ2n) is 8.21. The Balaban J connectivity index is 0.00000289. The van der Waals surface area contributed by atoms with Crippen molar-refractivity contribution in [1.82, 2.24) is 14.1 Å². The zero-order valence-corrected chi connectivity index (χ0v) is 19.5. The Morgan fingerprint density at radius 3 is 2.25 bits per heavy atom. The highest BCUT2D eigenvalue weighted by Gasteiger charge is 2.32. The summed E-state index contributed by atoms with van der Waals surface area (Å²) in [6, 6.07) is 15.5. The van der Waals surface area contributed by atoms with Crippen molar-refractivity contribution in [2.45, 2.75) is 30.3 Å². The second-order valence-corrected chi connectivity index (χ2v) is 10.2. The number of sulfonamides is 1. The Bertz CT molecular complexity index is 1040. The number of likely N-dealkylation sites (tertiary alicyclic amines) is 1. The Labute approximate surface area is 195 Å². The molecule has 0 spiro atoms. The molecule has 0 bridgehead atoms. The Hall–Kier alpha value is -2.02. The van der Waals surface area contributed by atoms with Crippen LogP contribution in [0.25, 0.3) is 0 Å². The Morgan fingerprint density at radius 1 is 0.969 bits per heavy atom. The van der Waals surface area contributed by atoms with E-state index in [1.165, 1.54) is 28.6 Å². The SMILES string of the molecule is Cl.N#Cc1cccc(CN2CCC(N3CCN(S(=O)(=O)c4ccc(F)cc4)CC3)CC2)c1. The minimum Gasteiger partial charge on any atom is -0.299 e. The topological polar surface area (TPSA) is 67.7 Å². The van der Waals surface area contributed by atoms with Gasteiger partial charge in [0.05, 0.1) is 16.5 Å². The first-order valence-electron chi connectivity index (χ1n) is 10.7. The molecular formula is C23H28ClFN4O2S. The van der Waals surface area contributed by atoms with E-state index in [4.69, 9.17) is 5.26 Å². The van der Waals surface area contributed by atoms with E-state index in [1.807, 2.05) is 18.2 Å². The first-order chi connectivity index (χ1) is 15.0. The lowest BCUT2D eigenvalue weighted by Crippen LogP contribution is -2.54. The standard InChI is InChI=1S/C23H27FN4O2S.ClH/c24-21-4-6-23(7-5-21)31(29,30)28-14-12-27(13-15-28)22-8-10-26(11-9-22)18-20-3-1-2-19(16-20)17-25;/h1-7,16,22H,8-15,18H2;1H. The van der Waals surface area contributed by atoms with E-state index in [1.54, 1.807) is 0 Å². The maximum Gasteiger partial charge on any atom is 0.243 e. The highest BCUT2D eigenvalue weighted by Crippen LogP contribution is 2.23. The van der Waals surface area contributed by atoms with Crippen LogP contribution in [0, 0.1) is 17.1 Å². The summed E-state index contributed by atoms with van der Waals surface area (Å²) in [7, 11) is -3.57. The number of piperazine rings is 1. The van der Waals surface area contributed by atoms with Crippen LogP contribution in [0.1, 0.15) is 24.0 Å². The molecule has 0 atom stereocenters. The first kappa shape index (κ1) is 24.6. The van der Waals surface area contributed by atoms with Crippen molar-refractivity contribution in [1.29, 1.82) is 5.26 Å². The molecule has 4 rings (SSSR count). The number of benzene rings is 2. The molecule has 2 fully saturated rings. The molecule has 0 amide bonds. The molecule has 9 heteroatoms. The van der Waals surface area contributed by atoms with E-state index in [2.05, 4.69) is 21.9 Å². The van der Waals surface area contributed by atoms with Gasteiger partial charge in [0.25, 0.3) is 0 Å². The summed E-state index contributed by atoms with van der Waals surface area (Å²) >= 11 is 0. The van der Waals surface area contributed by atoms with Gasteiger partial charge in [0, 0.05) is 38.8 Å². The third-order valence-electron chi connectivity index (χ3n) is 6.26. The molecule has 2 aromatic rings. The van der Waals surface area contributed by atoms with E-state index in [0.29, 0.717) is 24.7 Å². The predicted molar refractivity (Wildman–Crippen MR) is 123 cm³/mol. The van der Waals surface area contributed by atoms with Gasteiger partial charge in [-0.15, -0.1) is 12.4 Å². The largest absolute Gasteiger partial charge is 0.299 e. The summed E-state index contributed by atoms with van der Waals surface area (Å²) < 4.78 is 40.2. The number of piperidine rings is 1. The fourth-order valence-corrected chi connectivity index (χ4v) is 5.93. The third-order valence-corrected chi connectivity index (χ3v) is 8.17. The van der Waals surface area contributed by atoms with E-state index >= 15 is 0 Å². The average molecular weight is 479 g/mol. The molecule has 2 saturated heterocycles. The number of halogens is 2. The van der Waals surface area contributed by atoms with Crippen molar-refractivity contribution in [3.05, 3.63) is 65.5 Å². The molecule has 6 nitrogen and oxygen atoms in total. The molecule has 2 aliphatic rings. The summed E-state index contributed by atoms with van der Waals surface area (Å²) in [6.45, 7) is 5.20. The number of nitriles is 1. The molecule has 32 heavy (non-hydrogen) atoms. The van der Waals surface area contributed by atoms with Gasteiger partial charge in [-0.25, -0.2) is 12.8 Å². The summed E-state index contributed by atoms with van der Waals surface area (Å²) in [4.78, 5) is 4.98. The second kappa shape index (κ2) is 10.7. The summed E-state index contributed by atoms with van der Waals surface area (Å²) in [5.74, 6) is -0.437. The number of rotatable bonds is 5. The van der Waals surface area contributed by atoms with Gasteiger partial charge in [-0.2, -0.15) is 9.57 Å². The lowest BCUT2D eigenvalue weighted by Gasteiger charge is -2.42. The first-order valence-corrected chi connectivity index (χ1v) is 12.1. The zero-order chi connectivity index (χ0) is 21.8. The maximum absolute atomic E-state index is 13.1. The highest BCUT2D eigenvalue weighted by molar-refractivity contribution is 7.89. The zero-order valence-electron chi connectivity index (χ0n) is 17.9. The molecule has 0 saturated carbocycles. The van der Waals surface area contributed by atoms with Crippen molar-refractivity contribution < 1.29 is 12.8 Å². The minimum atomic E-state index is -3.57. The third kappa shape index (κ3) is 5.66. The molecule has 0 radical (unpaired) electrons. The number of hydrogen-bond donors (Lipinski definition) is 0. The van der Waals surface area contributed by atoms with Crippen LogP contribution < -0.4 is 0 Å². The van der Waals surface area contributed by atoms with Gasteiger partial charge in [-0.1, -0.05) is 12.1 Å². The van der Waals surface area contributed by atoms with Crippen LogP contribution in [0.4, 0.5) is 4.39 Å². The predicted octanol–water partition coefficient (Wildman–Crippen LogP) is 3.09. The van der Waals surface area contributed by atoms with E-state index in [9.17, 15) is 12.8 Å². The van der Waals surface area contributed by atoms with Gasteiger partial charge in [-0.3, -0.25) is 9.80 Å². The molecule has 0 aliphatic carbocycles. The van der Waals surface area contributed by atoms with Gasteiger partial charge in [0.15, 0.2) is 0 Å². The molecule has 2 aliphatic heterocycles. The van der Waals surface area contributed by atoms with E-state index < -0.39 is 15.8 Å². The molecule has 2 aromatic carbocycles. The Morgan fingerprint density at radius 2 is 1.62 bits per heavy atom. The van der Waals surface area contributed by atoms with Crippen molar-refractivity contribution in [3.63, 3.8) is 0 Å². The van der Waals surface area contributed by atoms with Crippen molar-refractivity contribution in [2.24, 2.45) is 0 Å². The summed E-state index contributed by atoms with van der Waals surface area (Å²) in [5.41, 5.74) is 1.86. The molecule has 172 valence electrons. The van der Waals surface area contributed by atoms with Crippen molar-refractivity contribution in [2.75, 3.05) is 39.3 Å². The molecule has 0 aromatic heterocycles. The molecule has 2 heterocycles. The summed E-state index contributed by atoms with van der Waals surface area (Å²) in [6.07, 6.45) is 2.12. The minimum absolute atomic E-state index is 0. The van der Waals surface area contributed by atoms with Crippen LogP contribution in [-0.4, -0.2) is 67.8 Å². The van der Waals surface area contributed by atoms with Gasteiger partial charge >= 0.3 is 0 Å². The number of hydrogen-bond acceptors (Lipinski definition) is 5. The van der Waals surface area contributed by atoms with Gasteiger partial charge in [0.1, 0.15) is 5.82 Å². The fourth-order valence-electron chi connectivity index (χ4n) is 4.50. The van der Waals surface area contributed by atoms with E-state index in [0.717, 1.165) is 51.1 Å². The van der Waals surface area contributed by atoms with Crippen molar-refractivity contribution >= 4 is 22.4 Å². The average Bonchev–Trinajstić information content (AvgIpc) is 2.80. The normalized spacial score (nSPS) is 19.2. The van der Waals surface area contributed by atoms with Crippen LogP contribution >= 0.6 is 12.4 Å². The van der Waals surface area contributed by atoms with Crippen LogP contribution in [0.5, 0.6) is 0 Å². The number of nitrogens with zero attached hydrogens (tertiary/aromatic N) is 4. The van der Waals surface area contributed by atoms with Gasteiger partial charge in [-0.05, 0) is 67.9 Å². The van der Waals surface area contributed by atoms with Crippen LogP contribution in [0.3, 0.4) is 0 Å². The lowest BCUT2D eigenvalue weighted by molar-refractivity contribution is 0.0786. The Kier molecular flexibility index (Phi) is 8.26. The van der Waals surface area contributed by atoms with Crippen LogP contribution in [0.2, 0.25) is 0 Å². The molecule has 0 N–H and O–H groups in total. The maximum atomic E-state index is 13.1. The van der Waals surface area contributed by atoms with Crippen LogP contribution in [0.15, 0.2) is 53.4 Å². The van der Waals surface area contributed by atoms with Gasteiger partial charge in [0.2, 0.25) is 10.0 Å².